The molecule has 2 aromatic rings. The average molecular weight is 316 g/mol. The molecule has 0 aliphatic carbocycles. The Labute approximate surface area is 125 Å². The van der Waals surface area contributed by atoms with Crippen molar-refractivity contribution in [3.8, 4) is 0 Å². The van der Waals surface area contributed by atoms with Crippen LogP contribution < -0.4 is 5.32 Å². The first-order valence-corrected chi connectivity index (χ1v) is 8.22. The van der Waals surface area contributed by atoms with Crippen molar-refractivity contribution < 1.29 is 9.90 Å². The van der Waals surface area contributed by atoms with Crippen LogP contribution in [0.15, 0.2) is 24.3 Å². The number of thioether (sulfide) groups is 1. The highest BCUT2D eigenvalue weighted by Crippen LogP contribution is 2.34. The van der Waals surface area contributed by atoms with E-state index in [1.807, 2.05) is 24.3 Å². The summed E-state index contributed by atoms with van der Waals surface area (Å²) < 4.78 is 1.02. The van der Waals surface area contributed by atoms with E-state index in [1.165, 1.54) is 11.3 Å². The average Bonchev–Trinajstić information content (AvgIpc) is 2.76. The molecule has 2 rings (SSSR count). The predicted molar refractivity (Wildman–Crippen MR) is 83.6 cm³/mol. The zero-order valence-electron chi connectivity index (χ0n) is 10.2. The maximum absolute atomic E-state index is 12.0. The lowest BCUT2D eigenvalue weighted by Gasteiger charge is -2.03. The van der Waals surface area contributed by atoms with E-state index in [9.17, 15) is 4.79 Å². The van der Waals surface area contributed by atoms with Gasteiger partial charge in [0.15, 0.2) is 0 Å². The van der Waals surface area contributed by atoms with Gasteiger partial charge in [0.05, 0.1) is 11.6 Å². The Morgan fingerprint density at radius 2 is 2.16 bits per heavy atom. The minimum Gasteiger partial charge on any atom is -0.396 e. The van der Waals surface area contributed by atoms with Crippen molar-refractivity contribution in [2.24, 2.45) is 0 Å². The number of hydrogen-bond donors (Lipinski definition) is 2. The van der Waals surface area contributed by atoms with Crippen LogP contribution in [-0.4, -0.2) is 35.7 Å². The maximum atomic E-state index is 12.0. The number of halogens is 1. The summed E-state index contributed by atoms with van der Waals surface area (Å²) in [5, 5.41) is 12.9. The van der Waals surface area contributed by atoms with Gasteiger partial charge in [-0.1, -0.05) is 29.8 Å². The fourth-order valence-corrected chi connectivity index (χ4v) is 3.66. The summed E-state index contributed by atoms with van der Waals surface area (Å²) >= 11 is 9.24. The van der Waals surface area contributed by atoms with Gasteiger partial charge in [-0.2, -0.15) is 11.8 Å². The number of carbonyl (C=O) groups is 1. The number of thiophene rings is 1. The summed E-state index contributed by atoms with van der Waals surface area (Å²) in [4.78, 5) is 12.6. The molecule has 0 fully saturated rings. The minimum atomic E-state index is -0.129. The molecular weight excluding hydrogens is 302 g/mol. The van der Waals surface area contributed by atoms with E-state index in [0.29, 0.717) is 22.2 Å². The van der Waals surface area contributed by atoms with Crippen molar-refractivity contribution >= 4 is 50.7 Å². The third-order valence-electron chi connectivity index (χ3n) is 2.51. The molecule has 1 aromatic heterocycles. The van der Waals surface area contributed by atoms with Crippen molar-refractivity contribution in [1.82, 2.24) is 5.32 Å². The zero-order chi connectivity index (χ0) is 13.7. The molecule has 0 aliphatic heterocycles. The summed E-state index contributed by atoms with van der Waals surface area (Å²) in [6.07, 6.45) is 0. The molecule has 0 unspecified atom stereocenters. The third-order valence-corrected chi connectivity index (χ3v) is 5.15. The highest BCUT2D eigenvalue weighted by atomic mass is 35.5. The molecule has 102 valence electrons. The van der Waals surface area contributed by atoms with Gasteiger partial charge < -0.3 is 10.4 Å². The Hall–Kier alpha value is -0.750. The maximum Gasteiger partial charge on any atom is 0.262 e. The molecule has 1 aromatic carbocycles. The fourth-order valence-electron chi connectivity index (χ4n) is 1.64. The minimum absolute atomic E-state index is 0.129. The molecule has 6 heteroatoms. The standard InChI is InChI=1S/C13H14ClNO2S2/c14-11-9-3-1-2-4-10(9)19-12(11)13(17)15-5-7-18-8-6-16/h1-4,16H,5-8H2,(H,15,17). The van der Waals surface area contributed by atoms with Gasteiger partial charge in [0, 0.05) is 28.1 Å². The van der Waals surface area contributed by atoms with Crippen molar-refractivity contribution in [3.63, 3.8) is 0 Å². The van der Waals surface area contributed by atoms with Crippen molar-refractivity contribution in [3.05, 3.63) is 34.2 Å². The Morgan fingerprint density at radius 1 is 1.37 bits per heavy atom. The van der Waals surface area contributed by atoms with E-state index >= 15 is 0 Å². The number of benzene rings is 1. The van der Waals surface area contributed by atoms with Crippen molar-refractivity contribution in [2.75, 3.05) is 24.7 Å². The lowest BCUT2D eigenvalue weighted by atomic mass is 10.2. The highest BCUT2D eigenvalue weighted by molar-refractivity contribution is 7.99. The predicted octanol–water partition coefficient (Wildman–Crippen LogP) is 3.01. The highest BCUT2D eigenvalue weighted by Gasteiger charge is 2.16. The van der Waals surface area contributed by atoms with Gasteiger partial charge in [-0.05, 0) is 6.07 Å². The second-order valence-electron chi connectivity index (χ2n) is 3.83. The zero-order valence-corrected chi connectivity index (χ0v) is 12.6. The van der Waals surface area contributed by atoms with E-state index in [1.54, 1.807) is 11.8 Å². The largest absolute Gasteiger partial charge is 0.396 e. The molecule has 0 radical (unpaired) electrons. The molecule has 0 atom stereocenters. The van der Waals surface area contributed by atoms with E-state index < -0.39 is 0 Å². The summed E-state index contributed by atoms with van der Waals surface area (Å²) in [7, 11) is 0. The number of aliphatic hydroxyl groups is 1. The number of rotatable bonds is 6. The molecule has 1 heterocycles. The van der Waals surface area contributed by atoms with Gasteiger partial charge >= 0.3 is 0 Å². The van der Waals surface area contributed by atoms with Crippen LogP contribution >= 0.6 is 34.7 Å². The number of hydrogen-bond acceptors (Lipinski definition) is 4. The number of carbonyl (C=O) groups excluding carboxylic acids is 1. The van der Waals surface area contributed by atoms with E-state index in [-0.39, 0.29) is 12.5 Å². The number of nitrogens with one attached hydrogen (secondary N) is 1. The van der Waals surface area contributed by atoms with Crippen molar-refractivity contribution in [2.45, 2.75) is 0 Å². The fraction of sp³-hybridized carbons (Fsp3) is 0.308. The van der Waals surface area contributed by atoms with E-state index in [0.717, 1.165) is 15.8 Å². The summed E-state index contributed by atoms with van der Waals surface area (Å²) in [6.45, 7) is 0.745. The van der Waals surface area contributed by atoms with E-state index in [2.05, 4.69) is 5.32 Å². The third kappa shape index (κ3) is 3.63. The molecular formula is C13H14ClNO2S2. The molecule has 0 spiro atoms. The van der Waals surface area contributed by atoms with Crippen molar-refractivity contribution in [1.29, 1.82) is 0 Å². The Bertz CT molecular complexity index is 571. The second-order valence-corrected chi connectivity index (χ2v) is 6.49. The monoisotopic (exact) mass is 315 g/mol. The van der Waals surface area contributed by atoms with E-state index in [4.69, 9.17) is 16.7 Å². The lowest BCUT2D eigenvalue weighted by Crippen LogP contribution is -2.25. The van der Waals surface area contributed by atoms with Gasteiger partial charge in [-0.15, -0.1) is 11.3 Å². The Kier molecular flexibility index (Phi) is 5.51. The van der Waals surface area contributed by atoms with Gasteiger partial charge in [0.1, 0.15) is 4.88 Å². The molecule has 19 heavy (non-hydrogen) atoms. The topological polar surface area (TPSA) is 49.3 Å². The molecule has 1 amide bonds. The van der Waals surface area contributed by atoms with Crippen LogP contribution in [0.25, 0.3) is 10.1 Å². The van der Waals surface area contributed by atoms with Crippen LogP contribution in [0.5, 0.6) is 0 Å². The molecule has 0 aliphatic rings. The Morgan fingerprint density at radius 3 is 2.89 bits per heavy atom. The second kappa shape index (κ2) is 7.14. The lowest BCUT2D eigenvalue weighted by molar-refractivity contribution is 0.0960. The van der Waals surface area contributed by atoms with Crippen LogP contribution in [-0.2, 0) is 0 Å². The number of fused-ring (bicyclic) bond motifs is 1. The smallest absolute Gasteiger partial charge is 0.262 e. The van der Waals surface area contributed by atoms with Gasteiger partial charge in [0.2, 0.25) is 0 Å². The van der Waals surface area contributed by atoms with Crippen LogP contribution in [0.3, 0.4) is 0 Å². The van der Waals surface area contributed by atoms with Crippen LogP contribution in [0.2, 0.25) is 5.02 Å². The molecule has 3 nitrogen and oxygen atoms in total. The molecule has 0 saturated carbocycles. The molecule has 2 N–H and O–H groups in total. The normalized spacial score (nSPS) is 10.8. The van der Waals surface area contributed by atoms with Crippen LogP contribution in [0, 0.1) is 0 Å². The summed E-state index contributed by atoms with van der Waals surface area (Å²) in [5.41, 5.74) is 0. The first-order valence-electron chi connectivity index (χ1n) is 5.88. The van der Waals surface area contributed by atoms with Crippen LogP contribution in [0.4, 0.5) is 0 Å². The van der Waals surface area contributed by atoms with Gasteiger partial charge in [-0.25, -0.2) is 0 Å². The number of aliphatic hydroxyl groups excluding tert-OH is 1. The SMILES string of the molecule is O=C(NCCSCCO)c1sc2ccccc2c1Cl. The van der Waals surface area contributed by atoms with Gasteiger partial charge in [-0.3, -0.25) is 4.79 Å². The first-order chi connectivity index (χ1) is 9.24. The summed E-state index contributed by atoms with van der Waals surface area (Å²) in [6, 6.07) is 7.72. The number of amides is 1. The van der Waals surface area contributed by atoms with Gasteiger partial charge in [0.25, 0.3) is 5.91 Å². The first kappa shape index (κ1) is 14.7. The van der Waals surface area contributed by atoms with Crippen LogP contribution in [0.1, 0.15) is 9.67 Å². The summed E-state index contributed by atoms with van der Waals surface area (Å²) in [5.74, 6) is 1.35. The quantitative estimate of drug-likeness (QED) is 0.806. The molecule has 0 bridgehead atoms. The molecule has 0 saturated heterocycles. The Balaban J connectivity index is 1.99.